The summed E-state index contributed by atoms with van der Waals surface area (Å²) in [5.41, 5.74) is 0.492. The summed E-state index contributed by atoms with van der Waals surface area (Å²) < 4.78 is 16.2. The van der Waals surface area contributed by atoms with Crippen LogP contribution in [0.2, 0.25) is 0 Å². The second kappa shape index (κ2) is 8.56. The second-order valence-electron chi connectivity index (χ2n) is 6.64. The topological polar surface area (TPSA) is 120 Å². The van der Waals surface area contributed by atoms with E-state index >= 15 is 0 Å². The summed E-state index contributed by atoms with van der Waals surface area (Å²) in [5, 5.41) is 11.4. The van der Waals surface area contributed by atoms with Gasteiger partial charge in [-0.15, -0.1) is 0 Å². The number of H-pyrrole nitrogens is 1. The molecule has 0 radical (unpaired) electrons. The normalized spacial score (nSPS) is 11.5. The third-order valence-electron chi connectivity index (χ3n) is 4.67. The number of hydrogen-bond donors (Lipinski definition) is 1. The molecule has 9 nitrogen and oxygen atoms in total. The van der Waals surface area contributed by atoms with Crippen molar-refractivity contribution in [3.8, 4) is 22.8 Å². The van der Waals surface area contributed by atoms with Crippen molar-refractivity contribution in [3.05, 3.63) is 80.6 Å². The summed E-state index contributed by atoms with van der Waals surface area (Å²) in [4.78, 5) is 30.1. The molecule has 4 aromatic rings. The highest BCUT2D eigenvalue weighted by atomic mass is 35.5. The molecular formula is C22H16ClN3O6. The Morgan fingerprint density at radius 2 is 1.91 bits per heavy atom. The van der Waals surface area contributed by atoms with Gasteiger partial charge in [0.05, 0.1) is 35.1 Å². The molecule has 0 aliphatic carbocycles. The van der Waals surface area contributed by atoms with Crippen molar-refractivity contribution in [2.45, 2.75) is 0 Å². The summed E-state index contributed by atoms with van der Waals surface area (Å²) in [6, 6.07) is 12.5. The molecule has 162 valence electrons. The van der Waals surface area contributed by atoms with Gasteiger partial charge in [0.15, 0.2) is 17.3 Å². The van der Waals surface area contributed by atoms with Crippen LogP contribution in [0.25, 0.3) is 33.3 Å². The summed E-state index contributed by atoms with van der Waals surface area (Å²) in [7, 11) is 2.96. The number of aromatic amines is 1. The van der Waals surface area contributed by atoms with Crippen LogP contribution in [-0.4, -0.2) is 29.1 Å². The predicted molar refractivity (Wildman–Crippen MR) is 120 cm³/mol. The van der Waals surface area contributed by atoms with E-state index in [-0.39, 0.29) is 16.5 Å². The molecule has 2 aromatic carbocycles. The molecule has 0 fully saturated rings. The Morgan fingerprint density at radius 3 is 2.62 bits per heavy atom. The van der Waals surface area contributed by atoms with E-state index in [1.807, 2.05) is 0 Å². The third kappa shape index (κ3) is 4.06. The average molecular weight is 454 g/mol. The Labute approximate surface area is 186 Å². The number of aromatic nitrogens is 2. The maximum absolute atomic E-state index is 12.5. The van der Waals surface area contributed by atoms with E-state index in [0.29, 0.717) is 39.5 Å². The third-order valence-corrected chi connectivity index (χ3v) is 4.96. The molecule has 0 bridgehead atoms. The number of fused-ring (bicyclic) bond motifs is 1. The highest BCUT2D eigenvalue weighted by molar-refractivity contribution is 6.50. The van der Waals surface area contributed by atoms with Crippen molar-refractivity contribution in [3.63, 3.8) is 0 Å². The lowest BCUT2D eigenvalue weighted by Crippen LogP contribution is -2.11. The molecule has 0 atom stereocenters. The van der Waals surface area contributed by atoms with Gasteiger partial charge >= 0.3 is 0 Å². The lowest BCUT2D eigenvalue weighted by molar-refractivity contribution is -0.384. The number of furan rings is 1. The first-order valence-corrected chi connectivity index (χ1v) is 9.65. The molecule has 0 saturated heterocycles. The highest BCUT2D eigenvalue weighted by Gasteiger charge is 2.14. The Kier molecular flexibility index (Phi) is 5.65. The van der Waals surface area contributed by atoms with Gasteiger partial charge < -0.3 is 18.9 Å². The Balaban J connectivity index is 1.70. The van der Waals surface area contributed by atoms with E-state index in [2.05, 4.69) is 9.97 Å². The smallest absolute Gasteiger partial charge is 0.270 e. The maximum Gasteiger partial charge on any atom is 0.270 e. The lowest BCUT2D eigenvalue weighted by Gasteiger charge is -2.09. The van der Waals surface area contributed by atoms with Crippen LogP contribution in [0.15, 0.2) is 57.7 Å². The quantitative estimate of drug-likeness (QED) is 0.327. The number of nitro benzene ring substituents is 1. The number of halogens is 1. The van der Waals surface area contributed by atoms with Crippen molar-refractivity contribution in [2.24, 2.45) is 0 Å². The van der Waals surface area contributed by atoms with Crippen LogP contribution < -0.4 is 15.0 Å². The molecule has 0 aliphatic rings. The Hall–Kier alpha value is -4.11. The van der Waals surface area contributed by atoms with Gasteiger partial charge in [0.25, 0.3) is 11.2 Å². The number of hydrogen-bond acceptors (Lipinski definition) is 7. The van der Waals surface area contributed by atoms with E-state index in [4.69, 9.17) is 25.5 Å². The number of nitro groups is 1. The van der Waals surface area contributed by atoms with Crippen LogP contribution in [0.5, 0.6) is 11.5 Å². The highest BCUT2D eigenvalue weighted by Crippen LogP contribution is 2.31. The van der Waals surface area contributed by atoms with Gasteiger partial charge in [-0.05, 0) is 18.2 Å². The van der Waals surface area contributed by atoms with Gasteiger partial charge in [-0.2, -0.15) is 0 Å². The number of methoxy groups -OCH3 is 2. The van der Waals surface area contributed by atoms with Crippen LogP contribution in [0.3, 0.4) is 0 Å². The zero-order valence-electron chi connectivity index (χ0n) is 16.9. The number of rotatable bonds is 6. The fourth-order valence-corrected chi connectivity index (χ4v) is 3.33. The number of ether oxygens (including phenoxy) is 2. The molecule has 0 aliphatic heterocycles. The summed E-state index contributed by atoms with van der Waals surface area (Å²) in [6.07, 6.45) is 1.49. The van der Waals surface area contributed by atoms with Crippen molar-refractivity contribution in [1.82, 2.24) is 9.97 Å². The molecule has 0 unspecified atom stereocenters. The minimum absolute atomic E-state index is 0.0426. The van der Waals surface area contributed by atoms with Gasteiger partial charge in [0, 0.05) is 29.8 Å². The molecule has 4 rings (SSSR count). The molecule has 2 aromatic heterocycles. The van der Waals surface area contributed by atoms with Crippen LogP contribution in [0, 0.1) is 10.1 Å². The van der Waals surface area contributed by atoms with Crippen LogP contribution in [0.4, 0.5) is 5.69 Å². The first-order valence-electron chi connectivity index (χ1n) is 9.28. The summed E-state index contributed by atoms with van der Waals surface area (Å²) in [6.45, 7) is 0. The van der Waals surface area contributed by atoms with E-state index in [0.717, 1.165) is 0 Å². The summed E-state index contributed by atoms with van der Waals surface area (Å²) >= 11 is 6.39. The van der Waals surface area contributed by atoms with Gasteiger partial charge in [0.2, 0.25) is 0 Å². The molecule has 0 amide bonds. The van der Waals surface area contributed by atoms with Gasteiger partial charge in [0.1, 0.15) is 11.5 Å². The molecule has 1 N–H and O–H groups in total. The van der Waals surface area contributed by atoms with Crippen molar-refractivity contribution in [2.75, 3.05) is 14.2 Å². The zero-order valence-corrected chi connectivity index (χ0v) is 17.7. The Morgan fingerprint density at radius 1 is 1.16 bits per heavy atom. The monoisotopic (exact) mass is 453 g/mol. The molecule has 10 heteroatoms. The molecule has 32 heavy (non-hydrogen) atoms. The summed E-state index contributed by atoms with van der Waals surface area (Å²) in [5.74, 6) is 1.79. The lowest BCUT2D eigenvalue weighted by atomic mass is 10.1. The van der Waals surface area contributed by atoms with E-state index < -0.39 is 10.5 Å². The van der Waals surface area contributed by atoms with E-state index in [1.165, 1.54) is 32.4 Å². The predicted octanol–water partition coefficient (Wildman–Crippen LogP) is 4.85. The van der Waals surface area contributed by atoms with Crippen molar-refractivity contribution >= 4 is 39.3 Å². The second-order valence-corrected chi connectivity index (χ2v) is 7.05. The number of non-ortho nitro benzene ring substituents is 1. The zero-order chi connectivity index (χ0) is 22.8. The Bertz CT molecular complexity index is 1420. The largest absolute Gasteiger partial charge is 0.493 e. The van der Waals surface area contributed by atoms with Gasteiger partial charge in [-0.25, -0.2) is 4.98 Å². The van der Waals surface area contributed by atoms with Crippen molar-refractivity contribution < 1.29 is 18.8 Å². The minimum Gasteiger partial charge on any atom is -0.493 e. The standard InChI is InChI=1S/C22H16ClN3O6/c1-30-19-10-15-17(11-20(19)31-2)24-21(25-22(15)27)16(23)9-14-6-7-18(32-14)12-4-3-5-13(8-12)26(28)29/h3-11H,1-2H3,(H,24,25,27). The fourth-order valence-electron chi connectivity index (χ4n) is 3.13. The first kappa shape index (κ1) is 21.1. The van der Waals surface area contributed by atoms with Crippen LogP contribution in [0.1, 0.15) is 11.6 Å². The average Bonchev–Trinajstić information content (AvgIpc) is 3.26. The van der Waals surface area contributed by atoms with Gasteiger partial charge in [-0.3, -0.25) is 14.9 Å². The van der Waals surface area contributed by atoms with E-state index in [1.54, 1.807) is 36.4 Å². The van der Waals surface area contributed by atoms with Crippen molar-refractivity contribution in [1.29, 1.82) is 0 Å². The molecule has 0 spiro atoms. The number of benzene rings is 2. The fraction of sp³-hybridized carbons (Fsp3) is 0.0909. The SMILES string of the molecule is COc1cc2nc(C(Cl)=Cc3ccc(-c4cccc([N+](=O)[O-])c4)o3)[nH]c(=O)c2cc1OC. The first-order chi connectivity index (χ1) is 15.4. The molecular weight excluding hydrogens is 438 g/mol. The molecule has 0 saturated carbocycles. The van der Waals surface area contributed by atoms with Crippen LogP contribution in [-0.2, 0) is 0 Å². The van der Waals surface area contributed by atoms with Gasteiger partial charge in [-0.1, -0.05) is 23.7 Å². The van der Waals surface area contributed by atoms with Crippen LogP contribution >= 0.6 is 11.6 Å². The number of nitrogens with zero attached hydrogens (tertiary/aromatic N) is 2. The maximum atomic E-state index is 12.5. The minimum atomic E-state index is -0.476. The number of nitrogens with one attached hydrogen (secondary N) is 1. The van der Waals surface area contributed by atoms with E-state index in [9.17, 15) is 14.9 Å². The molecule has 2 heterocycles.